The molecular weight excluding hydrogens is 238 g/mol. The quantitative estimate of drug-likeness (QED) is 0.547. The molecule has 0 aliphatic rings. The van der Waals surface area contributed by atoms with E-state index in [0.29, 0.717) is 11.6 Å². The van der Waals surface area contributed by atoms with Crippen molar-refractivity contribution in [3.8, 4) is 0 Å². The molecule has 0 amide bonds. The van der Waals surface area contributed by atoms with E-state index in [1.165, 1.54) is 11.8 Å². The molecular formula is C11H15N3O2S. The number of rotatable bonds is 4. The molecule has 1 aromatic carbocycles. The third-order valence-electron chi connectivity index (χ3n) is 2.16. The van der Waals surface area contributed by atoms with Crippen molar-refractivity contribution in [1.82, 2.24) is 0 Å². The van der Waals surface area contributed by atoms with Crippen LogP contribution in [0, 0.1) is 0 Å². The fourth-order valence-electron chi connectivity index (χ4n) is 1.22. The molecule has 0 saturated heterocycles. The summed E-state index contributed by atoms with van der Waals surface area (Å²) in [6.45, 7) is 0. The van der Waals surface area contributed by atoms with E-state index < -0.39 is 12.0 Å². The predicted molar refractivity (Wildman–Crippen MR) is 70.6 cm³/mol. The lowest BCUT2D eigenvalue weighted by Gasteiger charge is -2.06. The Balaban J connectivity index is 2.71. The number of hydrogen-bond donors (Lipinski definition) is 3. The van der Waals surface area contributed by atoms with Crippen LogP contribution in [-0.2, 0) is 11.2 Å². The molecule has 0 aromatic heterocycles. The van der Waals surface area contributed by atoms with Crippen LogP contribution in [-0.4, -0.2) is 28.5 Å². The standard InChI is InChI=1S/C11H15N3O2S/c1-17-11(13)14-8-4-2-7(3-5-8)6-9(12)10(15)16/h2-5,9H,6,12H2,1H3,(H2,13,14)(H,15,16)/t9-/m0/s1. The number of carboxylic acid groups (broad SMARTS) is 1. The topological polar surface area (TPSA) is 102 Å². The Kier molecular flexibility index (Phi) is 4.99. The molecule has 0 heterocycles. The predicted octanol–water partition coefficient (Wildman–Crippen LogP) is 0.950. The normalized spacial score (nSPS) is 13.4. The summed E-state index contributed by atoms with van der Waals surface area (Å²) in [4.78, 5) is 14.7. The second-order valence-corrected chi connectivity index (χ2v) is 4.30. The molecule has 0 saturated carbocycles. The minimum atomic E-state index is -1.00. The van der Waals surface area contributed by atoms with E-state index in [4.69, 9.17) is 16.6 Å². The van der Waals surface area contributed by atoms with E-state index in [1.807, 2.05) is 6.26 Å². The molecule has 1 atom stereocenters. The molecule has 0 unspecified atom stereocenters. The summed E-state index contributed by atoms with van der Waals surface area (Å²) in [7, 11) is 0. The summed E-state index contributed by atoms with van der Waals surface area (Å²) in [6, 6.07) is 6.30. The van der Waals surface area contributed by atoms with Gasteiger partial charge in [-0.1, -0.05) is 23.9 Å². The van der Waals surface area contributed by atoms with E-state index in [9.17, 15) is 4.79 Å². The average Bonchev–Trinajstić information content (AvgIpc) is 2.31. The van der Waals surface area contributed by atoms with Gasteiger partial charge in [-0.25, -0.2) is 4.99 Å². The average molecular weight is 253 g/mol. The van der Waals surface area contributed by atoms with E-state index >= 15 is 0 Å². The van der Waals surface area contributed by atoms with Crippen molar-refractivity contribution < 1.29 is 9.90 Å². The molecule has 1 aromatic rings. The molecule has 0 aliphatic heterocycles. The van der Waals surface area contributed by atoms with Gasteiger partial charge in [-0.3, -0.25) is 4.79 Å². The molecule has 0 fully saturated rings. The Labute approximate surface area is 104 Å². The van der Waals surface area contributed by atoms with Gasteiger partial charge in [0.05, 0.1) is 5.69 Å². The number of nitrogens with zero attached hydrogens (tertiary/aromatic N) is 1. The smallest absolute Gasteiger partial charge is 0.320 e. The minimum absolute atomic E-state index is 0.303. The van der Waals surface area contributed by atoms with Crippen LogP contribution >= 0.6 is 11.8 Å². The van der Waals surface area contributed by atoms with Crippen molar-refractivity contribution in [2.45, 2.75) is 12.5 Å². The SMILES string of the molecule is CSC(N)=Nc1ccc(C[C@H](N)C(=O)O)cc1. The van der Waals surface area contributed by atoms with Gasteiger partial charge in [0, 0.05) is 0 Å². The third kappa shape index (κ3) is 4.46. The van der Waals surface area contributed by atoms with E-state index in [0.717, 1.165) is 11.3 Å². The van der Waals surface area contributed by atoms with Gasteiger partial charge >= 0.3 is 5.97 Å². The molecule has 0 bridgehead atoms. The first-order chi connectivity index (χ1) is 8.02. The minimum Gasteiger partial charge on any atom is -0.480 e. The molecule has 0 radical (unpaired) electrons. The number of amidine groups is 1. The fraction of sp³-hybridized carbons (Fsp3) is 0.273. The van der Waals surface area contributed by atoms with Crippen molar-refractivity contribution in [2.75, 3.05) is 6.26 Å². The van der Waals surface area contributed by atoms with Crippen LogP contribution in [0.2, 0.25) is 0 Å². The highest BCUT2D eigenvalue weighted by molar-refractivity contribution is 8.13. The van der Waals surface area contributed by atoms with Gasteiger partial charge in [-0.2, -0.15) is 0 Å². The summed E-state index contributed by atoms with van der Waals surface area (Å²) < 4.78 is 0. The molecule has 5 N–H and O–H groups in total. The second-order valence-electron chi connectivity index (χ2n) is 3.47. The van der Waals surface area contributed by atoms with E-state index in [1.54, 1.807) is 24.3 Å². The number of aliphatic imine (C=N–C) groups is 1. The Morgan fingerprint density at radius 2 is 2.06 bits per heavy atom. The summed E-state index contributed by atoms with van der Waals surface area (Å²) in [5.74, 6) is -1.00. The lowest BCUT2D eigenvalue weighted by atomic mass is 10.1. The Morgan fingerprint density at radius 3 is 2.53 bits per heavy atom. The molecule has 0 spiro atoms. The van der Waals surface area contributed by atoms with Gasteiger partial charge in [0.1, 0.15) is 6.04 Å². The monoisotopic (exact) mass is 253 g/mol. The Morgan fingerprint density at radius 1 is 1.47 bits per heavy atom. The third-order valence-corrected chi connectivity index (χ3v) is 2.67. The first kappa shape index (κ1) is 13.5. The highest BCUT2D eigenvalue weighted by Crippen LogP contribution is 2.15. The van der Waals surface area contributed by atoms with Crippen molar-refractivity contribution in [2.24, 2.45) is 16.5 Å². The van der Waals surface area contributed by atoms with E-state index in [2.05, 4.69) is 4.99 Å². The van der Waals surface area contributed by atoms with E-state index in [-0.39, 0.29) is 0 Å². The Bertz CT molecular complexity index is 417. The lowest BCUT2D eigenvalue weighted by Crippen LogP contribution is -2.32. The maximum Gasteiger partial charge on any atom is 0.320 e. The number of carboxylic acids is 1. The molecule has 17 heavy (non-hydrogen) atoms. The van der Waals surface area contributed by atoms with Crippen molar-refractivity contribution in [3.05, 3.63) is 29.8 Å². The first-order valence-corrected chi connectivity index (χ1v) is 6.21. The number of aliphatic carboxylic acids is 1. The van der Waals surface area contributed by atoms with Crippen LogP contribution < -0.4 is 11.5 Å². The number of nitrogens with two attached hydrogens (primary N) is 2. The van der Waals surface area contributed by atoms with Gasteiger partial charge in [0.2, 0.25) is 0 Å². The Hall–Kier alpha value is -1.53. The van der Waals surface area contributed by atoms with Gasteiger partial charge in [-0.15, -0.1) is 0 Å². The summed E-state index contributed by atoms with van der Waals surface area (Å²) in [5, 5.41) is 9.17. The van der Waals surface area contributed by atoms with Crippen molar-refractivity contribution >= 4 is 28.6 Å². The van der Waals surface area contributed by atoms with Crippen molar-refractivity contribution in [3.63, 3.8) is 0 Å². The highest BCUT2D eigenvalue weighted by atomic mass is 32.2. The summed E-state index contributed by atoms with van der Waals surface area (Å²) in [5.41, 5.74) is 12.6. The number of hydrogen-bond acceptors (Lipinski definition) is 4. The zero-order chi connectivity index (χ0) is 12.8. The van der Waals surface area contributed by atoms with Gasteiger partial charge in [-0.05, 0) is 30.4 Å². The molecule has 1 rings (SSSR count). The van der Waals surface area contributed by atoms with Crippen LogP contribution in [0.15, 0.2) is 29.3 Å². The van der Waals surface area contributed by atoms with Crippen LogP contribution in [0.25, 0.3) is 0 Å². The van der Waals surface area contributed by atoms with Crippen molar-refractivity contribution in [1.29, 1.82) is 0 Å². The molecule has 92 valence electrons. The van der Waals surface area contributed by atoms with Gasteiger partial charge in [0.25, 0.3) is 0 Å². The number of carbonyl (C=O) groups is 1. The van der Waals surface area contributed by atoms with Crippen LogP contribution in [0.4, 0.5) is 5.69 Å². The first-order valence-electron chi connectivity index (χ1n) is 4.98. The van der Waals surface area contributed by atoms with Gasteiger partial charge in [0.15, 0.2) is 5.17 Å². The van der Waals surface area contributed by atoms with Gasteiger partial charge < -0.3 is 16.6 Å². The molecule has 5 nitrogen and oxygen atoms in total. The molecule has 6 heteroatoms. The zero-order valence-electron chi connectivity index (χ0n) is 9.46. The lowest BCUT2D eigenvalue weighted by molar-refractivity contribution is -0.138. The van der Waals surface area contributed by atoms with Crippen LogP contribution in [0.5, 0.6) is 0 Å². The number of thioether (sulfide) groups is 1. The maximum atomic E-state index is 10.6. The highest BCUT2D eigenvalue weighted by Gasteiger charge is 2.11. The second kappa shape index (κ2) is 6.27. The summed E-state index contributed by atoms with van der Waals surface area (Å²) in [6.07, 6.45) is 2.15. The van der Waals surface area contributed by atoms with Crippen LogP contribution in [0.1, 0.15) is 5.56 Å². The van der Waals surface area contributed by atoms with Crippen LogP contribution in [0.3, 0.4) is 0 Å². The zero-order valence-corrected chi connectivity index (χ0v) is 10.3. The largest absolute Gasteiger partial charge is 0.480 e. The summed E-state index contributed by atoms with van der Waals surface area (Å²) >= 11 is 1.37. The number of benzene rings is 1. The fourth-order valence-corrected chi connectivity index (χ4v) is 1.42. The molecule has 0 aliphatic carbocycles. The maximum absolute atomic E-state index is 10.6.